The van der Waals surface area contributed by atoms with Crippen molar-refractivity contribution in [1.29, 1.82) is 0 Å². The van der Waals surface area contributed by atoms with Crippen LogP contribution in [0.25, 0.3) is 0 Å². The summed E-state index contributed by atoms with van der Waals surface area (Å²) in [5.74, 6) is 2.88. The second kappa shape index (κ2) is 4.97. The molecule has 7 atom stereocenters. The molecule has 3 fully saturated rings. The minimum absolute atomic E-state index is 0.112. The van der Waals surface area contributed by atoms with E-state index in [1.54, 1.807) is 0 Å². The highest BCUT2D eigenvalue weighted by atomic mass is 16.3. The summed E-state index contributed by atoms with van der Waals surface area (Å²) in [6.45, 7) is 8.96. The van der Waals surface area contributed by atoms with Crippen LogP contribution in [0.1, 0.15) is 65.2 Å². The zero-order valence-electron chi connectivity index (χ0n) is 14.4. The molecule has 1 N–H and O–H groups in total. The van der Waals surface area contributed by atoms with E-state index < -0.39 is 0 Å². The first-order valence-corrected chi connectivity index (χ1v) is 9.52. The monoisotopic (exact) mass is 300 g/mol. The zero-order valence-corrected chi connectivity index (χ0v) is 14.4. The summed E-state index contributed by atoms with van der Waals surface area (Å²) in [6, 6.07) is 0. The molecule has 122 valence electrons. The first-order valence-electron chi connectivity index (χ1n) is 9.52. The molecule has 22 heavy (non-hydrogen) atoms. The average Bonchev–Trinajstić information content (AvgIpc) is 2.82. The molecule has 0 aromatic heterocycles. The lowest BCUT2D eigenvalue weighted by Gasteiger charge is -2.61. The maximum Gasteiger partial charge on any atom is 0.0585 e. The minimum Gasteiger partial charge on any atom is -0.393 e. The van der Waals surface area contributed by atoms with E-state index in [0.29, 0.717) is 11.3 Å². The third kappa shape index (κ3) is 1.81. The Morgan fingerprint density at radius 3 is 2.82 bits per heavy atom. The van der Waals surface area contributed by atoms with Gasteiger partial charge in [0.2, 0.25) is 0 Å². The van der Waals surface area contributed by atoms with Gasteiger partial charge in [0, 0.05) is 0 Å². The SMILES string of the molecule is C=CC1=CC[C@H]2[C@@H]3CCC4CCCC[C@]4(C)[C@H]3[C@@H](O)C[C@]12C. The highest BCUT2D eigenvalue weighted by molar-refractivity contribution is 5.33. The van der Waals surface area contributed by atoms with Crippen molar-refractivity contribution in [3.63, 3.8) is 0 Å². The van der Waals surface area contributed by atoms with Gasteiger partial charge in [0.15, 0.2) is 0 Å². The topological polar surface area (TPSA) is 20.2 Å². The molecule has 1 nitrogen and oxygen atoms in total. The van der Waals surface area contributed by atoms with E-state index in [9.17, 15) is 5.11 Å². The lowest BCUT2D eigenvalue weighted by atomic mass is 9.44. The molecule has 4 aliphatic rings. The molecule has 3 saturated carbocycles. The first-order chi connectivity index (χ1) is 10.5. The standard InChI is InChI=1S/C21H32O/c1-4-14-9-11-17-16-10-8-15-7-5-6-12-20(15,2)19(16)18(22)13-21(14,17)3/h4,9,15-19,22H,1,5-8,10-13H2,2-3H3/t15?,16-,17-,18-,19+,20-,21+/m0/s1. The van der Waals surface area contributed by atoms with Gasteiger partial charge in [-0.15, -0.1) is 0 Å². The van der Waals surface area contributed by atoms with E-state index in [0.717, 1.165) is 24.2 Å². The van der Waals surface area contributed by atoms with Crippen LogP contribution in [0.15, 0.2) is 24.3 Å². The van der Waals surface area contributed by atoms with E-state index in [1.165, 1.54) is 50.5 Å². The number of aliphatic hydroxyl groups is 1. The molecule has 0 radical (unpaired) electrons. The predicted molar refractivity (Wildman–Crippen MR) is 91.4 cm³/mol. The fraction of sp³-hybridized carbons (Fsp3) is 0.810. The Labute approximate surface area is 135 Å². The number of hydrogen-bond donors (Lipinski definition) is 1. The van der Waals surface area contributed by atoms with Crippen molar-refractivity contribution in [2.24, 2.45) is 34.5 Å². The lowest BCUT2D eigenvalue weighted by Crippen LogP contribution is -2.57. The van der Waals surface area contributed by atoms with Crippen LogP contribution in [0, 0.1) is 34.5 Å². The molecule has 1 unspecified atom stereocenters. The van der Waals surface area contributed by atoms with Crippen LogP contribution >= 0.6 is 0 Å². The summed E-state index contributed by atoms with van der Waals surface area (Å²) in [6.07, 6.45) is 14.8. The Bertz CT molecular complexity index is 506. The quantitative estimate of drug-likeness (QED) is 0.713. The normalized spacial score (nSPS) is 54.0. The Morgan fingerprint density at radius 2 is 2.05 bits per heavy atom. The van der Waals surface area contributed by atoms with Gasteiger partial charge in [-0.1, -0.05) is 45.4 Å². The smallest absolute Gasteiger partial charge is 0.0585 e. The average molecular weight is 300 g/mol. The van der Waals surface area contributed by atoms with Gasteiger partial charge < -0.3 is 5.11 Å². The summed E-state index contributed by atoms with van der Waals surface area (Å²) >= 11 is 0. The third-order valence-electron chi connectivity index (χ3n) is 8.38. The maximum absolute atomic E-state index is 11.2. The number of hydrogen-bond acceptors (Lipinski definition) is 1. The molecule has 0 aromatic rings. The lowest BCUT2D eigenvalue weighted by molar-refractivity contribution is -0.157. The van der Waals surface area contributed by atoms with Gasteiger partial charge in [-0.2, -0.15) is 0 Å². The molecule has 0 heterocycles. The first kappa shape index (κ1) is 15.0. The molecule has 0 spiro atoms. The van der Waals surface area contributed by atoms with Crippen molar-refractivity contribution < 1.29 is 5.11 Å². The maximum atomic E-state index is 11.2. The second-order valence-electron chi connectivity index (χ2n) is 9.11. The minimum atomic E-state index is -0.112. The largest absolute Gasteiger partial charge is 0.393 e. The zero-order chi connectivity index (χ0) is 15.5. The van der Waals surface area contributed by atoms with Crippen LogP contribution in [-0.2, 0) is 0 Å². The second-order valence-corrected chi connectivity index (χ2v) is 9.11. The summed E-state index contributed by atoms with van der Waals surface area (Å²) in [7, 11) is 0. The van der Waals surface area contributed by atoms with Crippen molar-refractivity contribution in [2.45, 2.75) is 71.3 Å². The molecule has 0 amide bonds. The molecule has 4 rings (SSSR count). The Balaban J connectivity index is 1.70. The highest BCUT2D eigenvalue weighted by Crippen LogP contribution is 2.66. The molecule has 4 aliphatic carbocycles. The third-order valence-corrected chi connectivity index (χ3v) is 8.38. The number of aliphatic hydroxyl groups excluding tert-OH is 1. The van der Waals surface area contributed by atoms with Crippen LogP contribution in [0.2, 0.25) is 0 Å². The van der Waals surface area contributed by atoms with Gasteiger partial charge in [-0.25, -0.2) is 0 Å². The van der Waals surface area contributed by atoms with E-state index in [1.807, 2.05) is 0 Å². The molecule has 0 bridgehead atoms. The predicted octanol–water partition coefficient (Wildman–Crippen LogP) is 5.11. The van der Waals surface area contributed by atoms with Gasteiger partial charge in [-0.3, -0.25) is 0 Å². The van der Waals surface area contributed by atoms with Crippen molar-refractivity contribution >= 4 is 0 Å². The van der Waals surface area contributed by atoms with Gasteiger partial charge in [0.1, 0.15) is 0 Å². The number of fused-ring (bicyclic) bond motifs is 5. The van der Waals surface area contributed by atoms with Crippen molar-refractivity contribution in [2.75, 3.05) is 0 Å². The van der Waals surface area contributed by atoms with Crippen LogP contribution in [0.3, 0.4) is 0 Å². The molecule has 1 heteroatoms. The van der Waals surface area contributed by atoms with Crippen LogP contribution < -0.4 is 0 Å². The summed E-state index contributed by atoms with van der Waals surface area (Å²) < 4.78 is 0. The van der Waals surface area contributed by atoms with Gasteiger partial charge in [0.05, 0.1) is 6.10 Å². The summed E-state index contributed by atoms with van der Waals surface area (Å²) in [5.41, 5.74) is 1.99. The number of allylic oxidation sites excluding steroid dienone is 3. The molecular formula is C21H32O. The van der Waals surface area contributed by atoms with E-state index >= 15 is 0 Å². The van der Waals surface area contributed by atoms with E-state index in [4.69, 9.17) is 0 Å². The number of rotatable bonds is 1. The fourth-order valence-electron chi connectivity index (χ4n) is 7.34. The van der Waals surface area contributed by atoms with Crippen molar-refractivity contribution in [1.82, 2.24) is 0 Å². The Morgan fingerprint density at radius 1 is 1.23 bits per heavy atom. The van der Waals surface area contributed by atoms with Gasteiger partial charge in [0.25, 0.3) is 0 Å². The van der Waals surface area contributed by atoms with Crippen molar-refractivity contribution in [3.05, 3.63) is 24.3 Å². The summed E-state index contributed by atoms with van der Waals surface area (Å²) in [4.78, 5) is 0. The van der Waals surface area contributed by atoms with Gasteiger partial charge in [-0.05, 0) is 78.6 Å². The fourth-order valence-corrected chi connectivity index (χ4v) is 7.34. The Kier molecular flexibility index (Phi) is 3.39. The van der Waals surface area contributed by atoms with Crippen LogP contribution in [-0.4, -0.2) is 11.2 Å². The molecular weight excluding hydrogens is 268 g/mol. The Hall–Kier alpha value is -0.560. The summed E-state index contributed by atoms with van der Waals surface area (Å²) in [5, 5.41) is 11.2. The van der Waals surface area contributed by atoms with Gasteiger partial charge >= 0.3 is 0 Å². The molecule has 0 saturated heterocycles. The molecule has 0 aromatic carbocycles. The van der Waals surface area contributed by atoms with Crippen molar-refractivity contribution in [3.8, 4) is 0 Å². The van der Waals surface area contributed by atoms with Crippen LogP contribution in [0.4, 0.5) is 0 Å². The van der Waals surface area contributed by atoms with E-state index in [-0.39, 0.29) is 11.5 Å². The molecule has 0 aliphatic heterocycles. The van der Waals surface area contributed by atoms with Crippen LogP contribution in [0.5, 0.6) is 0 Å². The van der Waals surface area contributed by atoms with E-state index in [2.05, 4.69) is 32.6 Å². The highest BCUT2D eigenvalue weighted by Gasteiger charge is 2.60.